The molecule has 1 aromatic heterocycles. The Labute approximate surface area is 226 Å². The highest BCUT2D eigenvalue weighted by atomic mass is 16.5. The summed E-state index contributed by atoms with van der Waals surface area (Å²) in [6, 6.07) is 18.5. The number of carbonyl (C=O) groups excluding carboxylic acids is 1. The summed E-state index contributed by atoms with van der Waals surface area (Å²) in [5.41, 5.74) is 4.09. The highest BCUT2D eigenvalue weighted by molar-refractivity contribution is 5.95. The van der Waals surface area contributed by atoms with Gasteiger partial charge in [-0.25, -0.2) is 0 Å². The largest absolute Gasteiger partial charge is 0.381 e. The van der Waals surface area contributed by atoms with Crippen LogP contribution in [0.4, 0.5) is 5.69 Å². The van der Waals surface area contributed by atoms with Crippen molar-refractivity contribution in [2.45, 2.75) is 50.7 Å². The van der Waals surface area contributed by atoms with Crippen LogP contribution in [-0.4, -0.2) is 79.2 Å². The number of para-hydroxylation sites is 1. The molecule has 0 radical (unpaired) electrons. The Morgan fingerprint density at radius 3 is 2.50 bits per heavy atom. The molecule has 38 heavy (non-hydrogen) atoms. The minimum atomic E-state index is 0.210. The number of aromatic nitrogens is 1. The van der Waals surface area contributed by atoms with Crippen molar-refractivity contribution >= 4 is 22.5 Å². The van der Waals surface area contributed by atoms with Crippen LogP contribution < -0.4 is 4.90 Å². The van der Waals surface area contributed by atoms with Gasteiger partial charge in [0.1, 0.15) is 0 Å². The van der Waals surface area contributed by atoms with Gasteiger partial charge < -0.3 is 19.5 Å². The van der Waals surface area contributed by atoms with Gasteiger partial charge >= 0.3 is 0 Å². The van der Waals surface area contributed by atoms with Crippen LogP contribution in [0.25, 0.3) is 10.9 Å². The average molecular weight is 514 g/mol. The lowest BCUT2D eigenvalue weighted by Crippen LogP contribution is -2.52. The number of piperazine rings is 1. The monoisotopic (exact) mass is 513 g/mol. The number of amides is 1. The van der Waals surface area contributed by atoms with Gasteiger partial charge in [0.05, 0.1) is 24.3 Å². The molecule has 7 heteroatoms. The lowest BCUT2D eigenvalue weighted by Gasteiger charge is -2.39. The number of rotatable bonds is 9. The predicted octanol–water partition coefficient (Wildman–Crippen LogP) is 4.58. The zero-order valence-electron chi connectivity index (χ0n) is 22.4. The third-order valence-electron chi connectivity index (χ3n) is 8.29. The van der Waals surface area contributed by atoms with Gasteiger partial charge in [-0.15, -0.1) is 0 Å². The summed E-state index contributed by atoms with van der Waals surface area (Å²) in [6.45, 7) is 5.34. The molecule has 5 rings (SSSR count). The number of anilines is 1. The van der Waals surface area contributed by atoms with E-state index in [1.165, 1.54) is 5.56 Å². The molecule has 2 aliphatic rings. The fourth-order valence-electron chi connectivity index (χ4n) is 6.07. The summed E-state index contributed by atoms with van der Waals surface area (Å²) < 4.78 is 5.56. The number of aryl methyl sites for hydroxylation is 1. The van der Waals surface area contributed by atoms with Crippen molar-refractivity contribution in [3.8, 4) is 6.07 Å². The second-order valence-corrected chi connectivity index (χ2v) is 10.7. The first-order valence-electron chi connectivity index (χ1n) is 14.0. The number of hydrogen-bond acceptors (Lipinski definition) is 5. The van der Waals surface area contributed by atoms with Gasteiger partial charge in [-0.2, -0.15) is 5.26 Å². The third kappa shape index (κ3) is 6.27. The highest BCUT2D eigenvalue weighted by Gasteiger charge is 2.31. The topological polar surface area (TPSA) is 75.6 Å². The maximum atomic E-state index is 13.6. The molecule has 0 atom stereocenters. The molecule has 1 saturated heterocycles. The Morgan fingerprint density at radius 1 is 1.05 bits per heavy atom. The molecular weight excluding hydrogens is 474 g/mol. The summed E-state index contributed by atoms with van der Waals surface area (Å²) in [7, 11) is 1.79. The molecule has 1 aliphatic heterocycles. The van der Waals surface area contributed by atoms with Crippen LogP contribution in [0.15, 0.2) is 54.7 Å². The van der Waals surface area contributed by atoms with Gasteiger partial charge in [0.2, 0.25) is 5.91 Å². The van der Waals surface area contributed by atoms with E-state index in [0.29, 0.717) is 18.2 Å². The molecular formula is C31H39N5O2. The van der Waals surface area contributed by atoms with Crippen LogP contribution in [0, 0.1) is 11.3 Å². The maximum Gasteiger partial charge on any atom is 0.241 e. The zero-order chi connectivity index (χ0) is 26.3. The predicted molar refractivity (Wildman–Crippen MR) is 151 cm³/mol. The average Bonchev–Trinajstić information content (AvgIpc) is 3.37. The number of fused-ring (bicyclic) bond motifs is 1. The molecule has 1 N–H and O–H groups in total. The molecule has 1 aliphatic carbocycles. The zero-order valence-corrected chi connectivity index (χ0v) is 22.4. The second kappa shape index (κ2) is 12.6. The molecule has 7 nitrogen and oxygen atoms in total. The second-order valence-electron chi connectivity index (χ2n) is 10.7. The molecule has 1 saturated carbocycles. The van der Waals surface area contributed by atoms with E-state index in [1.807, 2.05) is 36.4 Å². The van der Waals surface area contributed by atoms with E-state index < -0.39 is 0 Å². The highest BCUT2D eigenvalue weighted by Crippen LogP contribution is 2.29. The Kier molecular flexibility index (Phi) is 8.75. The number of carbonyl (C=O) groups is 1. The summed E-state index contributed by atoms with van der Waals surface area (Å²) >= 11 is 0. The number of benzene rings is 2. The number of nitriles is 1. The van der Waals surface area contributed by atoms with Gasteiger partial charge in [0.25, 0.3) is 0 Å². The first kappa shape index (κ1) is 26.4. The summed E-state index contributed by atoms with van der Waals surface area (Å²) in [6.07, 6.45) is 8.46. The van der Waals surface area contributed by atoms with E-state index in [2.05, 4.69) is 44.1 Å². The van der Waals surface area contributed by atoms with Crippen molar-refractivity contribution in [1.29, 1.82) is 5.26 Å². The summed E-state index contributed by atoms with van der Waals surface area (Å²) in [4.78, 5) is 23.8. The normalized spacial score (nSPS) is 20.8. The molecule has 200 valence electrons. The summed E-state index contributed by atoms with van der Waals surface area (Å²) in [5.74, 6) is 0.210. The molecule has 3 aromatic rings. The first-order chi connectivity index (χ1) is 18.6. The number of aromatic amines is 1. The lowest BCUT2D eigenvalue weighted by atomic mass is 9.91. The Bertz CT molecular complexity index is 1230. The standard InChI is InChI=1S/C31H39N5O2/c1-38-28-12-10-27(11-13-28)36(26-7-3-2-4-8-26)31(37)23-35-18-16-34(17-19-35)15-5-6-25-22-33-30-14-9-24(21-32)20-29(25)30/h2-4,7-9,14,20,22,27-28,33H,5-6,10-13,15-19,23H2,1H3. The number of methoxy groups -OCH3 is 1. The molecule has 0 spiro atoms. The maximum absolute atomic E-state index is 13.6. The van der Waals surface area contributed by atoms with E-state index in [9.17, 15) is 10.1 Å². The number of hydrogen-bond donors (Lipinski definition) is 1. The van der Waals surface area contributed by atoms with Crippen molar-refractivity contribution in [1.82, 2.24) is 14.8 Å². The molecule has 2 heterocycles. The minimum absolute atomic E-state index is 0.210. The van der Waals surface area contributed by atoms with E-state index in [-0.39, 0.29) is 11.9 Å². The SMILES string of the molecule is COC1CCC(N(C(=O)CN2CCN(CCCc3c[nH]c4ccc(C#N)cc34)CC2)c2ccccc2)CC1. The fourth-order valence-corrected chi connectivity index (χ4v) is 6.07. The van der Waals surface area contributed by atoms with Gasteiger partial charge in [0, 0.05) is 62.1 Å². The summed E-state index contributed by atoms with van der Waals surface area (Å²) in [5, 5.41) is 10.4. The van der Waals surface area contributed by atoms with Crippen molar-refractivity contribution < 1.29 is 9.53 Å². The van der Waals surface area contributed by atoms with E-state index in [0.717, 1.165) is 87.8 Å². The van der Waals surface area contributed by atoms with E-state index in [4.69, 9.17) is 4.74 Å². The fraction of sp³-hybridized carbons (Fsp3) is 0.484. The van der Waals surface area contributed by atoms with Crippen LogP contribution in [0.5, 0.6) is 0 Å². The van der Waals surface area contributed by atoms with Crippen molar-refractivity contribution in [3.05, 3.63) is 65.9 Å². The van der Waals surface area contributed by atoms with E-state index >= 15 is 0 Å². The molecule has 2 aromatic carbocycles. The molecule has 0 unspecified atom stereocenters. The Balaban J connectivity index is 1.11. The van der Waals surface area contributed by atoms with Crippen LogP contribution >= 0.6 is 0 Å². The van der Waals surface area contributed by atoms with Gasteiger partial charge in [-0.05, 0) is 81.0 Å². The number of nitrogens with zero attached hydrogens (tertiary/aromatic N) is 4. The lowest BCUT2D eigenvalue weighted by molar-refractivity contribution is -0.121. The smallest absolute Gasteiger partial charge is 0.241 e. The van der Waals surface area contributed by atoms with Gasteiger partial charge in [-0.3, -0.25) is 9.69 Å². The van der Waals surface area contributed by atoms with Crippen molar-refractivity contribution in [2.24, 2.45) is 0 Å². The van der Waals surface area contributed by atoms with Gasteiger partial charge in [0.15, 0.2) is 0 Å². The first-order valence-corrected chi connectivity index (χ1v) is 14.0. The minimum Gasteiger partial charge on any atom is -0.381 e. The molecule has 0 bridgehead atoms. The quantitative estimate of drug-likeness (QED) is 0.453. The van der Waals surface area contributed by atoms with Gasteiger partial charge in [-0.1, -0.05) is 18.2 Å². The van der Waals surface area contributed by atoms with Crippen LogP contribution in [0.3, 0.4) is 0 Å². The van der Waals surface area contributed by atoms with Crippen LogP contribution in [-0.2, 0) is 16.0 Å². The van der Waals surface area contributed by atoms with Crippen LogP contribution in [0.1, 0.15) is 43.2 Å². The number of ether oxygens (including phenoxy) is 1. The van der Waals surface area contributed by atoms with Crippen LogP contribution in [0.2, 0.25) is 0 Å². The van der Waals surface area contributed by atoms with Crippen molar-refractivity contribution in [3.63, 3.8) is 0 Å². The number of H-pyrrole nitrogens is 1. The molecule has 1 amide bonds. The number of nitrogens with one attached hydrogen (secondary N) is 1. The molecule has 2 fully saturated rings. The third-order valence-corrected chi connectivity index (χ3v) is 8.29. The van der Waals surface area contributed by atoms with Crippen molar-refractivity contribution in [2.75, 3.05) is 51.3 Å². The Morgan fingerprint density at radius 2 is 1.79 bits per heavy atom. The Hall–Kier alpha value is -3.18. The van der Waals surface area contributed by atoms with E-state index in [1.54, 1.807) is 7.11 Å².